The number of amides is 1. The SMILES string of the molecule is COCC(=O)NC1CCC(CCN2CCN(c3ccc(Cl)c(Cl)c3F)CC2)CC1. The number of ether oxygens (including phenoxy) is 1. The van der Waals surface area contributed by atoms with Gasteiger partial charge in [0.15, 0.2) is 5.82 Å². The van der Waals surface area contributed by atoms with Crippen molar-refractivity contribution in [3.05, 3.63) is 28.0 Å². The summed E-state index contributed by atoms with van der Waals surface area (Å²) in [5.41, 5.74) is 0.535. The lowest BCUT2D eigenvalue weighted by atomic mass is 9.84. The molecule has 0 bridgehead atoms. The summed E-state index contributed by atoms with van der Waals surface area (Å²) in [5.74, 6) is 0.269. The van der Waals surface area contributed by atoms with Crippen molar-refractivity contribution < 1.29 is 13.9 Å². The molecule has 1 aliphatic heterocycles. The number of halogens is 3. The van der Waals surface area contributed by atoms with Gasteiger partial charge < -0.3 is 15.0 Å². The maximum atomic E-state index is 14.4. The van der Waals surface area contributed by atoms with Gasteiger partial charge in [-0.3, -0.25) is 9.69 Å². The van der Waals surface area contributed by atoms with Crippen molar-refractivity contribution >= 4 is 34.8 Å². The Balaban J connectivity index is 1.37. The van der Waals surface area contributed by atoms with E-state index in [1.165, 1.54) is 13.5 Å². The van der Waals surface area contributed by atoms with Crippen LogP contribution in [0.25, 0.3) is 0 Å². The third-order valence-electron chi connectivity index (χ3n) is 6.07. The lowest BCUT2D eigenvalue weighted by Crippen LogP contribution is -2.47. The highest BCUT2D eigenvalue weighted by atomic mass is 35.5. The van der Waals surface area contributed by atoms with E-state index in [1.54, 1.807) is 12.1 Å². The number of carbonyl (C=O) groups is 1. The second-order valence-electron chi connectivity index (χ2n) is 8.03. The molecule has 0 aromatic heterocycles. The lowest BCUT2D eigenvalue weighted by Gasteiger charge is -2.37. The summed E-state index contributed by atoms with van der Waals surface area (Å²) in [6, 6.07) is 3.66. The van der Waals surface area contributed by atoms with E-state index >= 15 is 0 Å². The lowest BCUT2D eigenvalue weighted by molar-refractivity contribution is -0.125. The fourth-order valence-electron chi connectivity index (χ4n) is 4.33. The predicted octanol–water partition coefficient (Wildman–Crippen LogP) is 3.97. The van der Waals surface area contributed by atoms with Crippen LogP contribution in [0.1, 0.15) is 32.1 Å². The fraction of sp³-hybridized carbons (Fsp3) is 0.667. The van der Waals surface area contributed by atoms with Crippen LogP contribution in [0.2, 0.25) is 10.0 Å². The van der Waals surface area contributed by atoms with Crippen LogP contribution in [0.5, 0.6) is 0 Å². The minimum Gasteiger partial charge on any atom is -0.375 e. The number of nitrogens with zero attached hydrogens (tertiary/aromatic N) is 2. The van der Waals surface area contributed by atoms with Gasteiger partial charge in [-0.25, -0.2) is 4.39 Å². The minimum atomic E-state index is -0.429. The zero-order chi connectivity index (χ0) is 20.8. The molecular weight excluding hydrogens is 416 g/mol. The van der Waals surface area contributed by atoms with Crippen molar-refractivity contribution in [2.45, 2.75) is 38.1 Å². The number of carbonyl (C=O) groups excluding carboxylic acids is 1. The van der Waals surface area contributed by atoms with E-state index in [9.17, 15) is 9.18 Å². The number of hydrogen-bond acceptors (Lipinski definition) is 4. The topological polar surface area (TPSA) is 44.8 Å². The Hall–Kier alpha value is -1.08. The standard InChI is InChI=1S/C21H30Cl2FN3O2/c1-29-14-19(28)25-16-4-2-15(3-5-16)8-9-26-10-12-27(13-11-26)18-7-6-17(22)20(23)21(18)24/h6-7,15-16H,2-5,8-14H2,1H3,(H,25,28). The van der Waals surface area contributed by atoms with Crippen molar-refractivity contribution in [1.29, 1.82) is 0 Å². The first-order valence-electron chi connectivity index (χ1n) is 10.4. The summed E-state index contributed by atoms with van der Waals surface area (Å²) < 4.78 is 19.3. The number of methoxy groups -OCH3 is 1. The van der Waals surface area contributed by atoms with Crippen LogP contribution in [0, 0.1) is 11.7 Å². The second kappa shape index (κ2) is 10.8. The molecule has 1 heterocycles. The van der Waals surface area contributed by atoms with Gasteiger partial charge in [0.05, 0.1) is 15.7 Å². The molecule has 1 amide bonds. The van der Waals surface area contributed by atoms with Crippen LogP contribution in [-0.4, -0.2) is 63.3 Å². The van der Waals surface area contributed by atoms with E-state index in [2.05, 4.69) is 10.2 Å². The molecule has 1 aliphatic carbocycles. The van der Waals surface area contributed by atoms with Gasteiger partial charge in [-0.15, -0.1) is 0 Å². The summed E-state index contributed by atoms with van der Waals surface area (Å²) in [5, 5.41) is 3.30. The van der Waals surface area contributed by atoms with Crippen molar-refractivity contribution in [1.82, 2.24) is 10.2 Å². The van der Waals surface area contributed by atoms with Gasteiger partial charge in [-0.2, -0.15) is 0 Å². The Morgan fingerprint density at radius 1 is 1.17 bits per heavy atom. The highest BCUT2D eigenvalue weighted by molar-refractivity contribution is 6.42. The smallest absolute Gasteiger partial charge is 0.246 e. The first-order valence-corrected chi connectivity index (χ1v) is 11.1. The molecule has 1 N–H and O–H groups in total. The molecule has 0 spiro atoms. The van der Waals surface area contributed by atoms with Crippen LogP contribution in [-0.2, 0) is 9.53 Å². The Kier molecular flexibility index (Phi) is 8.42. The second-order valence-corrected chi connectivity index (χ2v) is 8.82. The van der Waals surface area contributed by atoms with Gasteiger partial charge in [0.2, 0.25) is 5.91 Å². The van der Waals surface area contributed by atoms with Crippen LogP contribution >= 0.6 is 23.2 Å². The molecule has 1 saturated heterocycles. The number of hydrogen-bond donors (Lipinski definition) is 1. The van der Waals surface area contributed by atoms with Crippen LogP contribution in [0.4, 0.5) is 10.1 Å². The number of benzene rings is 1. The Morgan fingerprint density at radius 3 is 2.52 bits per heavy atom. The number of piperazine rings is 1. The van der Waals surface area contributed by atoms with Gasteiger partial charge in [-0.1, -0.05) is 23.2 Å². The van der Waals surface area contributed by atoms with E-state index in [0.29, 0.717) is 11.7 Å². The summed E-state index contributed by atoms with van der Waals surface area (Å²) in [6.07, 6.45) is 5.59. The van der Waals surface area contributed by atoms with E-state index in [1.807, 2.05) is 4.90 Å². The third-order valence-corrected chi connectivity index (χ3v) is 6.85. The van der Waals surface area contributed by atoms with Gasteiger partial charge in [0, 0.05) is 39.3 Å². The fourth-order valence-corrected chi connectivity index (χ4v) is 4.64. The van der Waals surface area contributed by atoms with Crippen molar-refractivity contribution in [3.63, 3.8) is 0 Å². The highest BCUT2D eigenvalue weighted by Gasteiger charge is 2.25. The van der Waals surface area contributed by atoms with Crippen molar-refractivity contribution in [2.75, 3.05) is 51.3 Å². The zero-order valence-electron chi connectivity index (χ0n) is 16.9. The third kappa shape index (κ3) is 6.20. The van der Waals surface area contributed by atoms with Crippen LogP contribution in [0.15, 0.2) is 12.1 Å². The number of rotatable bonds is 7. The number of nitrogens with one attached hydrogen (secondary N) is 1. The van der Waals surface area contributed by atoms with Crippen LogP contribution in [0.3, 0.4) is 0 Å². The average Bonchev–Trinajstić information content (AvgIpc) is 2.72. The summed E-state index contributed by atoms with van der Waals surface area (Å²) in [6.45, 7) is 4.62. The zero-order valence-corrected chi connectivity index (χ0v) is 18.4. The maximum Gasteiger partial charge on any atom is 0.246 e. The Morgan fingerprint density at radius 2 is 1.86 bits per heavy atom. The molecule has 1 saturated carbocycles. The van der Waals surface area contributed by atoms with Gasteiger partial charge in [0.1, 0.15) is 6.61 Å². The highest BCUT2D eigenvalue weighted by Crippen LogP contribution is 2.32. The molecule has 0 unspecified atom stereocenters. The van der Waals surface area contributed by atoms with Gasteiger partial charge in [-0.05, 0) is 56.7 Å². The summed E-state index contributed by atoms with van der Waals surface area (Å²) >= 11 is 11.8. The van der Waals surface area contributed by atoms with E-state index < -0.39 is 5.82 Å². The molecule has 0 atom stereocenters. The van der Waals surface area contributed by atoms with Crippen LogP contribution < -0.4 is 10.2 Å². The van der Waals surface area contributed by atoms with Crippen molar-refractivity contribution in [3.8, 4) is 0 Å². The number of anilines is 1. The maximum absolute atomic E-state index is 14.4. The van der Waals surface area contributed by atoms with E-state index in [4.69, 9.17) is 27.9 Å². The monoisotopic (exact) mass is 445 g/mol. The molecular formula is C21H30Cl2FN3O2. The molecule has 1 aromatic rings. The molecule has 162 valence electrons. The first-order chi connectivity index (χ1) is 14.0. The Bertz CT molecular complexity index is 691. The Labute approximate surface area is 182 Å². The first kappa shape index (κ1) is 22.6. The molecule has 2 fully saturated rings. The molecule has 0 radical (unpaired) electrons. The van der Waals surface area contributed by atoms with E-state index in [-0.39, 0.29) is 22.6 Å². The van der Waals surface area contributed by atoms with Gasteiger partial charge >= 0.3 is 0 Å². The molecule has 5 nitrogen and oxygen atoms in total. The van der Waals surface area contributed by atoms with E-state index in [0.717, 1.165) is 64.3 Å². The minimum absolute atomic E-state index is 0.000564. The molecule has 1 aromatic carbocycles. The summed E-state index contributed by atoms with van der Waals surface area (Å²) in [7, 11) is 1.54. The largest absolute Gasteiger partial charge is 0.375 e. The predicted molar refractivity (Wildman–Crippen MR) is 115 cm³/mol. The quantitative estimate of drug-likeness (QED) is 0.644. The van der Waals surface area contributed by atoms with Crippen molar-refractivity contribution in [2.24, 2.45) is 5.92 Å². The molecule has 3 rings (SSSR count). The average molecular weight is 446 g/mol. The molecule has 2 aliphatic rings. The summed E-state index contributed by atoms with van der Waals surface area (Å²) in [4.78, 5) is 16.1. The normalized spacial score (nSPS) is 23.2. The van der Waals surface area contributed by atoms with Gasteiger partial charge in [0.25, 0.3) is 0 Å². The molecule has 8 heteroatoms. The molecule has 29 heavy (non-hydrogen) atoms.